The molecule has 2 rings (SSSR count). The lowest BCUT2D eigenvalue weighted by atomic mass is 10.1. The first-order valence-electron chi connectivity index (χ1n) is 6.15. The van der Waals surface area contributed by atoms with Crippen LogP contribution >= 0.6 is 0 Å². The first-order valence-corrected chi connectivity index (χ1v) is 6.15. The molecule has 1 N–H and O–H groups in total. The quantitative estimate of drug-likeness (QED) is 0.845. The topological polar surface area (TPSA) is 23.5 Å². The molecule has 1 saturated carbocycles. The molecule has 2 nitrogen and oxygen atoms in total. The number of rotatable bonds is 3. The van der Waals surface area contributed by atoms with Crippen LogP contribution in [-0.4, -0.2) is 18.2 Å². The Morgan fingerprint density at radius 3 is 2.62 bits per heavy atom. The molecule has 1 aromatic rings. The van der Waals surface area contributed by atoms with Gasteiger partial charge in [-0.25, -0.2) is 0 Å². The monoisotopic (exact) mass is 219 g/mol. The van der Waals surface area contributed by atoms with Crippen molar-refractivity contribution in [3.63, 3.8) is 0 Å². The molecule has 1 aliphatic carbocycles. The molecule has 1 fully saturated rings. The van der Waals surface area contributed by atoms with Gasteiger partial charge in [-0.3, -0.25) is 0 Å². The third-order valence-corrected chi connectivity index (χ3v) is 3.66. The Kier molecular flexibility index (Phi) is 3.49. The third kappa shape index (κ3) is 2.22. The Labute approximate surface area is 97.9 Å². The highest BCUT2D eigenvalue weighted by Crippen LogP contribution is 2.29. The van der Waals surface area contributed by atoms with Crippen molar-refractivity contribution < 1.29 is 5.11 Å². The average molecular weight is 219 g/mol. The van der Waals surface area contributed by atoms with Crippen LogP contribution in [0.1, 0.15) is 36.8 Å². The van der Waals surface area contributed by atoms with E-state index < -0.39 is 0 Å². The number of benzene rings is 1. The van der Waals surface area contributed by atoms with Crippen LogP contribution in [-0.2, 0) is 6.61 Å². The number of aliphatic hydroxyl groups is 1. The van der Waals surface area contributed by atoms with Gasteiger partial charge in [-0.2, -0.15) is 0 Å². The van der Waals surface area contributed by atoms with Gasteiger partial charge in [0.15, 0.2) is 0 Å². The van der Waals surface area contributed by atoms with Crippen molar-refractivity contribution in [2.45, 2.75) is 45.3 Å². The van der Waals surface area contributed by atoms with Gasteiger partial charge in [0, 0.05) is 24.3 Å². The van der Waals surface area contributed by atoms with E-state index >= 15 is 0 Å². The van der Waals surface area contributed by atoms with E-state index in [0.29, 0.717) is 6.04 Å². The maximum absolute atomic E-state index is 9.41. The zero-order valence-electron chi connectivity index (χ0n) is 10.2. The van der Waals surface area contributed by atoms with Crippen molar-refractivity contribution in [3.8, 4) is 0 Å². The minimum atomic E-state index is 0.133. The van der Waals surface area contributed by atoms with Gasteiger partial charge in [-0.05, 0) is 25.8 Å². The lowest BCUT2D eigenvalue weighted by molar-refractivity contribution is 0.282. The van der Waals surface area contributed by atoms with Crippen molar-refractivity contribution in [2.75, 3.05) is 11.9 Å². The summed E-state index contributed by atoms with van der Waals surface area (Å²) in [7, 11) is 2.15. The fraction of sp³-hybridized carbons (Fsp3) is 0.571. The van der Waals surface area contributed by atoms with Crippen molar-refractivity contribution in [1.29, 1.82) is 0 Å². The first-order chi connectivity index (χ1) is 7.72. The van der Waals surface area contributed by atoms with Crippen LogP contribution in [0, 0.1) is 6.92 Å². The third-order valence-electron chi connectivity index (χ3n) is 3.66. The molecule has 1 aliphatic rings. The maximum Gasteiger partial charge on any atom is 0.0702 e. The van der Waals surface area contributed by atoms with Gasteiger partial charge in [0.05, 0.1) is 6.61 Å². The molecule has 0 amide bonds. The van der Waals surface area contributed by atoms with E-state index in [0.717, 1.165) is 5.56 Å². The second-order valence-corrected chi connectivity index (χ2v) is 4.84. The number of anilines is 1. The van der Waals surface area contributed by atoms with Crippen molar-refractivity contribution in [1.82, 2.24) is 0 Å². The lowest BCUT2D eigenvalue weighted by Crippen LogP contribution is -2.29. The Morgan fingerprint density at radius 2 is 2.00 bits per heavy atom. The lowest BCUT2D eigenvalue weighted by Gasteiger charge is -2.28. The van der Waals surface area contributed by atoms with E-state index in [4.69, 9.17) is 0 Å². The summed E-state index contributed by atoms with van der Waals surface area (Å²) in [4.78, 5) is 2.35. The van der Waals surface area contributed by atoms with Crippen LogP contribution < -0.4 is 4.90 Å². The zero-order valence-corrected chi connectivity index (χ0v) is 10.2. The van der Waals surface area contributed by atoms with E-state index in [-0.39, 0.29) is 6.61 Å². The fourth-order valence-corrected chi connectivity index (χ4v) is 2.67. The normalized spacial score (nSPS) is 16.7. The molecule has 0 aliphatic heterocycles. The Bertz CT molecular complexity index is 356. The standard InChI is InChI=1S/C14H21NO/c1-11-7-8-14(12(9-11)10-16)15(2)13-5-3-4-6-13/h7-9,13,16H,3-6,10H2,1-2H3. The number of hydrogen-bond donors (Lipinski definition) is 1. The molecule has 0 saturated heterocycles. The van der Waals surface area contributed by atoms with Gasteiger partial charge >= 0.3 is 0 Å². The van der Waals surface area contributed by atoms with Gasteiger partial charge in [0.2, 0.25) is 0 Å². The molecule has 0 unspecified atom stereocenters. The summed E-state index contributed by atoms with van der Waals surface area (Å²) >= 11 is 0. The Morgan fingerprint density at radius 1 is 1.31 bits per heavy atom. The fourth-order valence-electron chi connectivity index (χ4n) is 2.67. The van der Waals surface area contributed by atoms with Crippen molar-refractivity contribution in [3.05, 3.63) is 29.3 Å². The maximum atomic E-state index is 9.41. The summed E-state index contributed by atoms with van der Waals surface area (Å²) in [5, 5.41) is 9.41. The molecular weight excluding hydrogens is 198 g/mol. The van der Waals surface area contributed by atoms with E-state index in [2.05, 4.69) is 37.1 Å². The van der Waals surface area contributed by atoms with Crippen LogP contribution in [0.2, 0.25) is 0 Å². The molecule has 2 heteroatoms. The summed E-state index contributed by atoms with van der Waals surface area (Å²) in [6, 6.07) is 7.01. The summed E-state index contributed by atoms with van der Waals surface area (Å²) in [6.07, 6.45) is 5.26. The minimum Gasteiger partial charge on any atom is -0.392 e. The van der Waals surface area contributed by atoms with Crippen LogP contribution in [0.15, 0.2) is 18.2 Å². The molecule has 0 radical (unpaired) electrons. The highest BCUT2D eigenvalue weighted by Gasteiger charge is 2.21. The number of nitrogens with zero attached hydrogens (tertiary/aromatic N) is 1. The Balaban J connectivity index is 2.24. The minimum absolute atomic E-state index is 0.133. The van der Waals surface area contributed by atoms with E-state index in [1.54, 1.807) is 0 Å². The highest BCUT2D eigenvalue weighted by molar-refractivity contribution is 5.55. The molecule has 0 spiro atoms. The van der Waals surface area contributed by atoms with Crippen LogP contribution in [0.3, 0.4) is 0 Å². The van der Waals surface area contributed by atoms with E-state index in [9.17, 15) is 5.11 Å². The van der Waals surface area contributed by atoms with Gasteiger partial charge in [-0.15, -0.1) is 0 Å². The number of aliphatic hydroxyl groups excluding tert-OH is 1. The second kappa shape index (κ2) is 4.88. The van der Waals surface area contributed by atoms with Crippen LogP contribution in [0.25, 0.3) is 0 Å². The highest BCUT2D eigenvalue weighted by atomic mass is 16.3. The van der Waals surface area contributed by atoms with Gasteiger partial charge in [-0.1, -0.05) is 30.5 Å². The zero-order chi connectivity index (χ0) is 11.5. The number of aryl methyl sites for hydroxylation is 1. The summed E-state index contributed by atoms with van der Waals surface area (Å²) in [6.45, 7) is 2.20. The van der Waals surface area contributed by atoms with Gasteiger partial charge in [0.25, 0.3) is 0 Å². The van der Waals surface area contributed by atoms with E-state index in [1.807, 2.05) is 0 Å². The average Bonchev–Trinajstić information content (AvgIpc) is 2.81. The Hall–Kier alpha value is -1.02. The second-order valence-electron chi connectivity index (χ2n) is 4.84. The molecule has 0 aromatic heterocycles. The molecule has 0 bridgehead atoms. The van der Waals surface area contributed by atoms with Crippen molar-refractivity contribution in [2.24, 2.45) is 0 Å². The molecule has 0 atom stereocenters. The van der Waals surface area contributed by atoms with E-state index in [1.165, 1.54) is 36.9 Å². The summed E-state index contributed by atoms with van der Waals surface area (Å²) in [5.41, 5.74) is 3.46. The molecular formula is C14H21NO. The largest absolute Gasteiger partial charge is 0.392 e. The predicted octanol–water partition coefficient (Wildman–Crippen LogP) is 2.87. The molecule has 0 heterocycles. The SMILES string of the molecule is Cc1ccc(N(C)C2CCCC2)c(CO)c1. The predicted molar refractivity (Wildman–Crippen MR) is 67.8 cm³/mol. The summed E-state index contributed by atoms with van der Waals surface area (Å²) in [5.74, 6) is 0. The first kappa shape index (κ1) is 11.5. The molecule has 16 heavy (non-hydrogen) atoms. The number of hydrogen-bond acceptors (Lipinski definition) is 2. The van der Waals surface area contributed by atoms with Gasteiger partial charge in [0.1, 0.15) is 0 Å². The smallest absolute Gasteiger partial charge is 0.0702 e. The summed E-state index contributed by atoms with van der Waals surface area (Å²) < 4.78 is 0. The van der Waals surface area contributed by atoms with Crippen molar-refractivity contribution >= 4 is 5.69 Å². The molecule has 1 aromatic carbocycles. The van der Waals surface area contributed by atoms with Crippen LogP contribution in [0.5, 0.6) is 0 Å². The van der Waals surface area contributed by atoms with Gasteiger partial charge < -0.3 is 10.0 Å². The van der Waals surface area contributed by atoms with Crippen LogP contribution in [0.4, 0.5) is 5.69 Å². The molecule has 88 valence electrons.